The summed E-state index contributed by atoms with van der Waals surface area (Å²) in [6, 6.07) is -0.350. The van der Waals surface area contributed by atoms with E-state index in [9.17, 15) is 9.59 Å². The van der Waals surface area contributed by atoms with Crippen LogP contribution >= 0.6 is 0 Å². The molecule has 0 aromatic rings. The molecular formula is C14H24N2O3. The molecule has 0 aromatic heterocycles. The number of ether oxygens (including phenoxy) is 1. The predicted molar refractivity (Wildman–Crippen MR) is 71.5 cm³/mol. The third kappa shape index (κ3) is 3.93. The number of hydrogen-bond acceptors (Lipinski definition) is 3. The van der Waals surface area contributed by atoms with Gasteiger partial charge in [-0.15, -0.1) is 0 Å². The van der Waals surface area contributed by atoms with Gasteiger partial charge in [-0.05, 0) is 18.8 Å². The van der Waals surface area contributed by atoms with Gasteiger partial charge in [0.05, 0.1) is 6.61 Å². The maximum absolute atomic E-state index is 12.5. The summed E-state index contributed by atoms with van der Waals surface area (Å²) < 4.78 is 5.36. The largest absolute Gasteiger partial charge is 0.381 e. The standard InChI is InChI=1S/C14H24N2O3/c1-10(2)7-12-14(18)16(5-3-13(17)15-12)8-11-4-6-19-9-11/h10-12H,3-9H2,1-2H3,(H,15,17). The first-order valence-corrected chi connectivity index (χ1v) is 7.22. The Balaban J connectivity index is 2.00. The molecule has 2 atom stereocenters. The van der Waals surface area contributed by atoms with E-state index in [-0.39, 0.29) is 17.9 Å². The van der Waals surface area contributed by atoms with Gasteiger partial charge in [-0.1, -0.05) is 13.8 Å². The van der Waals surface area contributed by atoms with Crippen LogP contribution in [0.4, 0.5) is 0 Å². The third-order valence-corrected chi connectivity index (χ3v) is 3.76. The van der Waals surface area contributed by atoms with Crippen LogP contribution in [0.3, 0.4) is 0 Å². The highest BCUT2D eigenvalue weighted by Gasteiger charge is 2.32. The van der Waals surface area contributed by atoms with Gasteiger partial charge in [0.25, 0.3) is 0 Å². The Labute approximate surface area is 114 Å². The highest BCUT2D eigenvalue weighted by molar-refractivity contribution is 5.89. The molecule has 2 saturated heterocycles. The number of carbonyl (C=O) groups excluding carboxylic acids is 2. The van der Waals surface area contributed by atoms with Crippen LogP contribution in [0.5, 0.6) is 0 Å². The Bertz CT molecular complexity index is 338. The lowest BCUT2D eigenvalue weighted by atomic mass is 10.0. The molecule has 0 saturated carbocycles. The summed E-state index contributed by atoms with van der Waals surface area (Å²) in [5, 5.41) is 2.85. The normalized spacial score (nSPS) is 28.7. The third-order valence-electron chi connectivity index (χ3n) is 3.76. The summed E-state index contributed by atoms with van der Waals surface area (Å²) in [6.45, 7) is 6.93. The van der Waals surface area contributed by atoms with Gasteiger partial charge in [0.15, 0.2) is 0 Å². The molecule has 5 heteroatoms. The fourth-order valence-corrected chi connectivity index (χ4v) is 2.75. The Morgan fingerprint density at radius 2 is 2.21 bits per heavy atom. The van der Waals surface area contributed by atoms with Crippen molar-refractivity contribution in [1.29, 1.82) is 0 Å². The average Bonchev–Trinajstić information content (AvgIpc) is 2.80. The smallest absolute Gasteiger partial charge is 0.245 e. The van der Waals surface area contributed by atoms with Crippen molar-refractivity contribution in [3.8, 4) is 0 Å². The maximum atomic E-state index is 12.5. The van der Waals surface area contributed by atoms with Crippen LogP contribution in [0.2, 0.25) is 0 Å². The van der Waals surface area contributed by atoms with Crippen molar-refractivity contribution in [2.45, 2.75) is 39.2 Å². The van der Waals surface area contributed by atoms with Crippen LogP contribution in [0, 0.1) is 11.8 Å². The quantitative estimate of drug-likeness (QED) is 0.820. The fraction of sp³-hybridized carbons (Fsp3) is 0.857. The number of amides is 2. The minimum Gasteiger partial charge on any atom is -0.381 e. The number of hydrogen-bond donors (Lipinski definition) is 1. The molecule has 2 aliphatic heterocycles. The lowest BCUT2D eigenvalue weighted by molar-refractivity contribution is -0.134. The molecule has 2 rings (SSSR count). The summed E-state index contributed by atoms with van der Waals surface area (Å²) in [5.41, 5.74) is 0. The molecule has 0 spiro atoms. The molecule has 2 heterocycles. The lowest BCUT2D eigenvalue weighted by Gasteiger charge is -2.26. The van der Waals surface area contributed by atoms with Gasteiger partial charge in [0, 0.05) is 32.0 Å². The van der Waals surface area contributed by atoms with Crippen LogP contribution in [-0.2, 0) is 14.3 Å². The summed E-state index contributed by atoms with van der Waals surface area (Å²) in [4.78, 5) is 26.0. The number of nitrogens with zero attached hydrogens (tertiary/aromatic N) is 1. The Kier molecular flexibility index (Phi) is 4.80. The molecular weight excluding hydrogens is 244 g/mol. The van der Waals surface area contributed by atoms with E-state index < -0.39 is 0 Å². The van der Waals surface area contributed by atoms with Gasteiger partial charge >= 0.3 is 0 Å². The molecule has 2 aliphatic rings. The monoisotopic (exact) mass is 268 g/mol. The summed E-state index contributed by atoms with van der Waals surface area (Å²) in [7, 11) is 0. The van der Waals surface area contributed by atoms with Crippen LogP contribution in [-0.4, -0.2) is 49.1 Å². The second-order valence-electron chi connectivity index (χ2n) is 6.01. The Morgan fingerprint density at radius 3 is 2.84 bits per heavy atom. The number of carbonyl (C=O) groups is 2. The predicted octanol–water partition coefficient (Wildman–Crippen LogP) is 0.786. The molecule has 2 unspecified atom stereocenters. The van der Waals surface area contributed by atoms with Crippen molar-refractivity contribution in [1.82, 2.24) is 10.2 Å². The van der Waals surface area contributed by atoms with E-state index in [0.29, 0.717) is 31.2 Å². The first kappa shape index (κ1) is 14.3. The number of rotatable bonds is 4. The molecule has 1 N–H and O–H groups in total. The van der Waals surface area contributed by atoms with E-state index in [1.165, 1.54) is 0 Å². The fourth-order valence-electron chi connectivity index (χ4n) is 2.75. The first-order chi connectivity index (χ1) is 9.06. The minimum atomic E-state index is -0.350. The van der Waals surface area contributed by atoms with Crippen LogP contribution < -0.4 is 5.32 Å². The van der Waals surface area contributed by atoms with Crippen molar-refractivity contribution >= 4 is 11.8 Å². The van der Waals surface area contributed by atoms with Crippen molar-refractivity contribution < 1.29 is 14.3 Å². The van der Waals surface area contributed by atoms with Crippen molar-refractivity contribution in [2.75, 3.05) is 26.3 Å². The van der Waals surface area contributed by atoms with Gasteiger partial charge in [-0.3, -0.25) is 9.59 Å². The second-order valence-corrected chi connectivity index (χ2v) is 6.01. The Morgan fingerprint density at radius 1 is 1.42 bits per heavy atom. The molecule has 2 fully saturated rings. The van der Waals surface area contributed by atoms with Gasteiger partial charge in [-0.25, -0.2) is 0 Å². The average molecular weight is 268 g/mol. The van der Waals surface area contributed by atoms with Gasteiger partial charge in [-0.2, -0.15) is 0 Å². The SMILES string of the molecule is CC(C)CC1NC(=O)CCN(CC2CCOC2)C1=O. The molecule has 0 aromatic carbocycles. The Hall–Kier alpha value is -1.10. The van der Waals surface area contributed by atoms with E-state index in [1.54, 1.807) is 0 Å². The molecule has 19 heavy (non-hydrogen) atoms. The minimum absolute atomic E-state index is 0.0100. The number of nitrogens with one attached hydrogen (secondary N) is 1. The summed E-state index contributed by atoms with van der Waals surface area (Å²) >= 11 is 0. The molecule has 2 amide bonds. The highest BCUT2D eigenvalue weighted by Crippen LogP contribution is 2.17. The van der Waals surface area contributed by atoms with E-state index >= 15 is 0 Å². The van der Waals surface area contributed by atoms with E-state index in [0.717, 1.165) is 26.2 Å². The molecule has 0 radical (unpaired) electrons. The molecule has 5 nitrogen and oxygen atoms in total. The first-order valence-electron chi connectivity index (χ1n) is 7.22. The van der Waals surface area contributed by atoms with Gasteiger partial charge in [0.2, 0.25) is 11.8 Å². The lowest BCUT2D eigenvalue weighted by Crippen LogP contribution is -2.46. The summed E-state index contributed by atoms with van der Waals surface area (Å²) in [5.74, 6) is 0.886. The molecule has 0 aliphatic carbocycles. The van der Waals surface area contributed by atoms with Crippen LogP contribution in [0.1, 0.15) is 33.1 Å². The topological polar surface area (TPSA) is 58.6 Å². The van der Waals surface area contributed by atoms with E-state index in [4.69, 9.17) is 4.74 Å². The van der Waals surface area contributed by atoms with Gasteiger partial charge in [0.1, 0.15) is 6.04 Å². The zero-order valence-electron chi connectivity index (χ0n) is 11.9. The maximum Gasteiger partial charge on any atom is 0.245 e. The molecule has 108 valence electrons. The van der Waals surface area contributed by atoms with Crippen LogP contribution in [0.25, 0.3) is 0 Å². The van der Waals surface area contributed by atoms with Crippen LogP contribution in [0.15, 0.2) is 0 Å². The zero-order valence-corrected chi connectivity index (χ0v) is 11.9. The van der Waals surface area contributed by atoms with Gasteiger partial charge < -0.3 is 15.0 Å². The molecule has 0 bridgehead atoms. The summed E-state index contributed by atoms with van der Waals surface area (Å²) in [6.07, 6.45) is 2.14. The van der Waals surface area contributed by atoms with Crippen molar-refractivity contribution in [2.24, 2.45) is 11.8 Å². The van der Waals surface area contributed by atoms with E-state index in [2.05, 4.69) is 19.2 Å². The zero-order chi connectivity index (χ0) is 13.8. The van der Waals surface area contributed by atoms with Crippen molar-refractivity contribution in [3.05, 3.63) is 0 Å². The van der Waals surface area contributed by atoms with Crippen molar-refractivity contribution in [3.63, 3.8) is 0 Å². The highest BCUT2D eigenvalue weighted by atomic mass is 16.5. The van der Waals surface area contributed by atoms with E-state index in [1.807, 2.05) is 4.90 Å². The second kappa shape index (κ2) is 6.37.